The lowest BCUT2D eigenvalue weighted by Gasteiger charge is -2.00. The first-order valence-corrected chi connectivity index (χ1v) is 3.64. The summed E-state index contributed by atoms with van der Waals surface area (Å²) in [5, 5.41) is 0. The molecule has 0 unspecified atom stereocenters. The number of methoxy groups -OCH3 is 1. The van der Waals surface area contributed by atoms with Crippen LogP contribution in [-0.4, -0.2) is 37.4 Å². The van der Waals surface area contributed by atoms with Gasteiger partial charge in [0.2, 0.25) is 0 Å². The summed E-state index contributed by atoms with van der Waals surface area (Å²) in [6.07, 6.45) is 0. The molecule has 0 saturated carbocycles. The van der Waals surface area contributed by atoms with Crippen LogP contribution >= 0.6 is 0 Å². The maximum absolute atomic E-state index is 4.96. The zero-order valence-electron chi connectivity index (χ0n) is 5.92. The molecule has 0 N–H and O–H groups in total. The fourth-order valence-corrected chi connectivity index (χ4v) is 0.467. The van der Waals surface area contributed by atoms with Gasteiger partial charge >= 0.3 is 0 Å². The molecule has 0 aliphatic carbocycles. The number of hydrogen-bond acceptors (Lipinski definition) is 3. The van der Waals surface area contributed by atoms with E-state index >= 15 is 0 Å². The molecule has 3 nitrogen and oxygen atoms in total. The van der Waals surface area contributed by atoms with Gasteiger partial charge in [-0.05, 0) is 0 Å². The first-order chi connectivity index (χ1) is 4.41. The van der Waals surface area contributed by atoms with E-state index in [-0.39, 0.29) is 0 Å². The van der Waals surface area contributed by atoms with E-state index in [1.165, 1.54) is 0 Å². The maximum Gasteiger partial charge on any atom is 0.146 e. The van der Waals surface area contributed by atoms with Gasteiger partial charge in [-0.2, -0.15) is 0 Å². The molecule has 0 aliphatic heterocycles. The van der Waals surface area contributed by atoms with Crippen LogP contribution in [0, 0.1) is 6.61 Å². The van der Waals surface area contributed by atoms with Gasteiger partial charge in [0.05, 0.1) is 19.8 Å². The van der Waals surface area contributed by atoms with E-state index in [9.17, 15) is 0 Å². The summed E-state index contributed by atoms with van der Waals surface area (Å²) in [6, 6.07) is 0. The Hall–Kier alpha value is 0.0969. The minimum atomic E-state index is 0.593. The molecule has 4 heteroatoms. The number of ether oxygens (including phenoxy) is 2. The van der Waals surface area contributed by atoms with Crippen molar-refractivity contribution in [3.8, 4) is 0 Å². The normalized spacial score (nSPS) is 10.3. The highest BCUT2D eigenvalue weighted by Gasteiger charge is 1.85. The van der Waals surface area contributed by atoms with Gasteiger partial charge in [-0.15, -0.1) is 0 Å². The second-order valence-corrected chi connectivity index (χ2v) is 2.06. The van der Waals surface area contributed by atoms with Crippen LogP contribution in [0.2, 0.25) is 0 Å². The van der Waals surface area contributed by atoms with E-state index in [0.717, 1.165) is 10.5 Å². The van der Waals surface area contributed by atoms with Gasteiger partial charge < -0.3 is 13.9 Å². The lowest BCUT2D eigenvalue weighted by molar-refractivity contribution is 0.0917. The summed E-state index contributed by atoms with van der Waals surface area (Å²) in [7, 11) is 2.41. The van der Waals surface area contributed by atoms with Crippen LogP contribution in [0.5, 0.6) is 0 Å². The molecule has 0 fully saturated rings. The smallest absolute Gasteiger partial charge is 0.146 e. The quantitative estimate of drug-likeness (QED) is 0.362. The van der Waals surface area contributed by atoms with Gasteiger partial charge in [0.15, 0.2) is 0 Å². The van der Waals surface area contributed by atoms with Crippen LogP contribution in [0.15, 0.2) is 0 Å². The highest BCUT2D eigenvalue weighted by atomic mass is 28.2. The lowest BCUT2D eigenvalue weighted by Crippen LogP contribution is -2.02. The molecule has 0 aromatic carbocycles. The van der Waals surface area contributed by atoms with Crippen molar-refractivity contribution in [3.05, 3.63) is 6.61 Å². The van der Waals surface area contributed by atoms with E-state index in [4.69, 9.17) is 13.9 Å². The molecule has 0 saturated heterocycles. The second-order valence-electron chi connectivity index (χ2n) is 1.49. The van der Waals surface area contributed by atoms with Crippen LogP contribution in [0.3, 0.4) is 0 Å². The third-order valence-corrected chi connectivity index (χ3v) is 1.09. The molecule has 55 valence electrons. The molecule has 9 heavy (non-hydrogen) atoms. The van der Waals surface area contributed by atoms with Crippen LogP contribution in [-0.2, 0) is 13.9 Å². The molecule has 0 atom stereocenters. The van der Waals surface area contributed by atoms with E-state index in [0.29, 0.717) is 19.8 Å². The fourth-order valence-electron chi connectivity index (χ4n) is 0.331. The molecular formula is C5H13O3Si. The Morgan fingerprint density at radius 2 is 2.22 bits per heavy atom. The average Bonchev–Trinajstić information content (AvgIpc) is 1.89. The van der Waals surface area contributed by atoms with Crippen molar-refractivity contribution in [3.63, 3.8) is 0 Å². The topological polar surface area (TPSA) is 27.7 Å². The standard InChI is InChI=1S/C5H13O3Si/c1-6-2-3-7-4-5-8-9/h4H,2-3,5H2,1,9H3. The van der Waals surface area contributed by atoms with Crippen molar-refractivity contribution in [2.45, 2.75) is 0 Å². The Labute approximate surface area is 58.8 Å². The number of rotatable bonds is 6. The fraction of sp³-hybridized carbons (Fsp3) is 0.800. The average molecular weight is 149 g/mol. The van der Waals surface area contributed by atoms with Crippen LogP contribution in [0.4, 0.5) is 0 Å². The van der Waals surface area contributed by atoms with Crippen molar-refractivity contribution in [2.75, 3.05) is 26.9 Å². The van der Waals surface area contributed by atoms with Gasteiger partial charge in [0, 0.05) is 7.11 Å². The minimum absolute atomic E-state index is 0.593. The minimum Gasteiger partial charge on any atom is -0.425 e. The molecule has 0 heterocycles. The molecular weight excluding hydrogens is 136 g/mol. The molecule has 0 aromatic heterocycles. The molecule has 1 radical (unpaired) electrons. The molecule has 0 spiro atoms. The summed E-state index contributed by atoms with van der Waals surface area (Å²) < 4.78 is 14.5. The highest BCUT2D eigenvalue weighted by molar-refractivity contribution is 5.97. The van der Waals surface area contributed by atoms with Crippen molar-refractivity contribution >= 4 is 10.5 Å². The number of hydrogen-bond donors (Lipinski definition) is 0. The Balaban J connectivity index is 2.60. The largest absolute Gasteiger partial charge is 0.425 e. The van der Waals surface area contributed by atoms with E-state index in [2.05, 4.69) is 0 Å². The third kappa shape index (κ3) is 8.10. The van der Waals surface area contributed by atoms with Gasteiger partial charge in [-0.25, -0.2) is 0 Å². The Morgan fingerprint density at radius 3 is 2.78 bits per heavy atom. The maximum atomic E-state index is 4.96. The zero-order valence-corrected chi connectivity index (χ0v) is 7.92. The Kier molecular flexibility index (Phi) is 8.18. The van der Waals surface area contributed by atoms with Gasteiger partial charge in [0.1, 0.15) is 17.1 Å². The van der Waals surface area contributed by atoms with Crippen LogP contribution in [0.25, 0.3) is 0 Å². The van der Waals surface area contributed by atoms with Crippen molar-refractivity contribution in [1.82, 2.24) is 0 Å². The van der Waals surface area contributed by atoms with Crippen molar-refractivity contribution in [1.29, 1.82) is 0 Å². The Morgan fingerprint density at radius 1 is 1.44 bits per heavy atom. The molecule has 0 amide bonds. The summed E-state index contributed by atoms with van der Waals surface area (Å²) in [5.41, 5.74) is 0. The summed E-state index contributed by atoms with van der Waals surface area (Å²) in [5.74, 6) is 0. The molecule has 0 aromatic rings. The van der Waals surface area contributed by atoms with Gasteiger partial charge in [-0.3, -0.25) is 0 Å². The first-order valence-electron chi connectivity index (χ1n) is 2.83. The van der Waals surface area contributed by atoms with Gasteiger partial charge in [-0.1, -0.05) is 0 Å². The predicted molar refractivity (Wildman–Crippen MR) is 38.0 cm³/mol. The highest BCUT2D eigenvalue weighted by Crippen LogP contribution is 1.81. The van der Waals surface area contributed by atoms with E-state index < -0.39 is 0 Å². The zero-order chi connectivity index (χ0) is 6.95. The monoisotopic (exact) mass is 149 g/mol. The van der Waals surface area contributed by atoms with E-state index in [1.54, 1.807) is 13.7 Å². The SMILES string of the molecule is COCCO[CH]CO[SiH3]. The summed E-state index contributed by atoms with van der Waals surface area (Å²) in [6.45, 7) is 3.49. The first kappa shape index (κ1) is 9.10. The molecule has 0 bridgehead atoms. The van der Waals surface area contributed by atoms with Crippen molar-refractivity contribution < 1.29 is 13.9 Å². The predicted octanol–water partition coefficient (Wildman–Crippen LogP) is -0.892. The van der Waals surface area contributed by atoms with Crippen LogP contribution < -0.4 is 0 Å². The van der Waals surface area contributed by atoms with E-state index in [1.807, 2.05) is 0 Å². The van der Waals surface area contributed by atoms with Gasteiger partial charge in [0.25, 0.3) is 0 Å². The summed E-state index contributed by atoms with van der Waals surface area (Å²) in [4.78, 5) is 0. The van der Waals surface area contributed by atoms with Crippen LogP contribution in [0.1, 0.15) is 0 Å². The summed E-state index contributed by atoms with van der Waals surface area (Å²) >= 11 is 0. The van der Waals surface area contributed by atoms with Crippen molar-refractivity contribution in [2.24, 2.45) is 0 Å². The second kappa shape index (κ2) is 8.10. The lowest BCUT2D eigenvalue weighted by atomic mass is 10.7. The Bertz CT molecular complexity index is 45.5. The third-order valence-electron chi connectivity index (χ3n) is 0.758. The molecule has 0 aliphatic rings. The molecule has 0 rings (SSSR count).